The van der Waals surface area contributed by atoms with E-state index in [0.29, 0.717) is 12.8 Å². The van der Waals surface area contributed by atoms with Gasteiger partial charge in [-0.2, -0.15) is 0 Å². The number of nitrogens with one attached hydrogen (secondary N) is 1. The van der Waals surface area contributed by atoms with E-state index < -0.39 is 11.7 Å². The molecule has 0 spiro atoms. The summed E-state index contributed by atoms with van der Waals surface area (Å²) in [7, 11) is 0. The van der Waals surface area contributed by atoms with Crippen molar-refractivity contribution < 1.29 is 18.7 Å². The van der Waals surface area contributed by atoms with Gasteiger partial charge in [0, 0.05) is 12.5 Å². The molecule has 1 aromatic carbocycles. The Morgan fingerprint density at radius 1 is 1.33 bits per heavy atom. The molecule has 1 atom stereocenters. The molecule has 0 bridgehead atoms. The van der Waals surface area contributed by atoms with Gasteiger partial charge in [-0.15, -0.1) is 0 Å². The molecule has 0 heterocycles. The van der Waals surface area contributed by atoms with Crippen LogP contribution in [0.1, 0.15) is 32.8 Å². The highest BCUT2D eigenvalue weighted by Gasteiger charge is 2.17. The van der Waals surface area contributed by atoms with Gasteiger partial charge in [-0.25, -0.2) is 9.18 Å². The molecule has 0 aliphatic heterocycles. The minimum absolute atomic E-state index is 0.236. The normalized spacial score (nSPS) is 12.6. The van der Waals surface area contributed by atoms with Gasteiger partial charge in [-0.3, -0.25) is 0 Å². The summed E-state index contributed by atoms with van der Waals surface area (Å²) in [5, 5.41) is 2.58. The molecule has 0 saturated heterocycles. The van der Waals surface area contributed by atoms with Gasteiger partial charge in [0.15, 0.2) is 0 Å². The number of carbonyl (C=O) groups is 2. The number of aldehydes is 1. The lowest BCUT2D eigenvalue weighted by Gasteiger charge is -2.20. The lowest BCUT2D eigenvalue weighted by Crippen LogP contribution is -2.35. The van der Waals surface area contributed by atoms with Crippen molar-refractivity contribution in [3.63, 3.8) is 0 Å². The molecule has 0 fully saturated rings. The van der Waals surface area contributed by atoms with Crippen LogP contribution in [-0.4, -0.2) is 24.5 Å². The molecule has 1 aromatic rings. The summed E-state index contributed by atoms with van der Waals surface area (Å²) in [6, 6.07) is 6.17. The van der Waals surface area contributed by atoms with E-state index in [1.54, 1.807) is 32.9 Å². The van der Waals surface area contributed by atoms with Crippen molar-refractivity contribution in [3.8, 4) is 0 Å². The zero-order chi connectivity index (χ0) is 15.9. The Hall–Kier alpha value is -1.91. The highest BCUT2D eigenvalue weighted by molar-refractivity contribution is 5.68. The number of ether oxygens (including phenoxy) is 1. The van der Waals surface area contributed by atoms with Crippen LogP contribution in [0.3, 0.4) is 0 Å². The molecule has 1 amide bonds. The fourth-order valence-electron chi connectivity index (χ4n) is 1.75. The first kappa shape index (κ1) is 17.1. The van der Waals surface area contributed by atoms with Gasteiger partial charge in [0.2, 0.25) is 0 Å². The minimum atomic E-state index is -0.561. The van der Waals surface area contributed by atoms with Gasteiger partial charge in [-0.1, -0.05) is 12.1 Å². The van der Waals surface area contributed by atoms with Crippen molar-refractivity contribution in [1.82, 2.24) is 5.32 Å². The Bertz CT molecular complexity index is 465. The summed E-state index contributed by atoms with van der Waals surface area (Å²) < 4.78 is 17.9. The van der Waals surface area contributed by atoms with Gasteiger partial charge >= 0.3 is 6.09 Å². The summed E-state index contributed by atoms with van der Waals surface area (Å²) in [6.45, 7) is 5.56. The Morgan fingerprint density at radius 2 is 1.95 bits per heavy atom. The molecule has 0 radical (unpaired) electrons. The summed E-state index contributed by atoms with van der Waals surface area (Å²) in [5.74, 6) is -0.570. The molecule has 1 rings (SSSR count). The third-order valence-corrected chi connectivity index (χ3v) is 2.82. The second kappa shape index (κ2) is 7.76. The van der Waals surface area contributed by atoms with Crippen molar-refractivity contribution in [1.29, 1.82) is 0 Å². The van der Waals surface area contributed by atoms with Gasteiger partial charge in [0.05, 0.1) is 0 Å². The van der Waals surface area contributed by atoms with Crippen molar-refractivity contribution in [2.24, 2.45) is 5.92 Å². The molecule has 5 heteroatoms. The van der Waals surface area contributed by atoms with Crippen LogP contribution in [0.2, 0.25) is 0 Å². The predicted molar refractivity (Wildman–Crippen MR) is 78.5 cm³/mol. The molecule has 0 aromatic heterocycles. The van der Waals surface area contributed by atoms with E-state index in [1.807, 2.05) is 0 Å². The molecule has 21 heavy (non-hydrogen) atoms. The maximum Gasteiger partial charge on any atom is 0.407 e. The summed E-state index contributed by atoms with van der Waals surface area (Å²) >= 11 is 0. The molecule has 1 unspecified atom stereocenters. The number of alkyl carbamates (subject to hydrolysis) is 1. The van der Waals surface area contributed by atoms with Crippen LogP contribution in [0.4, 0.5) is 9.18 Å². The molecule has 1 N–H and O–H groups in total. The van der Waals surface area contributed by atoms with E-state index in [4.69, 9.17) is 4.74 Å². The standard InChI is InChI=1S/C16H22FNO3/c1-16(2,3)21-15(20)18-10-13(11-19)5-4-12-6-8-14(17)9-7-12/h6-9,11,13H,4-5,10H2,1-3H3,(H,18,20). The first-order valence-electron chi connectivity index (χ1n) is 6.97. The Balaban J connectivity index is 2.36. The molecule has 0 aliphatic carbocycles. The SMILES string of the molecule is CC(C)(C)OC(=O)NCC(C=O)CCc1ccc(F)cc1. The smallest absolute Gasteiger partial charge is 0.407 e. The van der Waals surface area contributed by atoms with E-state index in [2.05, 4.69) is 5.32 Å². The largest absolute Gasteiger partial charge is 0.444 e. The molecular weight excluding hydrogens is 273 g/mol. The number of aryl methyl sites for hydroxylation is 1. The topological polar surface area (TPSA) is 55.4 Å². The van der Waals surface area contributed by atoms with E-state index >= 15 is 0 Å². The Labute approximate surface area is 124 Å². The van der Waals surface area contributed by atoms with Crippen LogP contribution in [0, 0.1) is 11.7 Å². The summed E-state index contributed by atoms with van der Waals surface area (Å²) in [6.07, 6.45) is 1.53. The zero-order valence-corrected chi connectivity index (χ0v) is 12.7. The number of amides is 1. The van der Waals surface area contributed by atoms with Crippen molar-refractivity contribution in [2.45, 2.75) is 39.2 Å². The lowest BCUT2D eigenvalue weighted by molar-refractivity contribution is -0.111. The number of benzene rings is 1. The van der Waals surface area contributed by atoms with Gasteiger partial charge < -0.3 is 14.8 Å². The van der Waals surface area contributed by atoms with Crippen LogP contribution in [0.15, 0.2) is 24.3 Å². The van der Waals surface area contributed by atoms with Crippen molar-refractivity contribution in [3.05, 3.63) is 35.6 Å². The zero-order valence-electron chi connectivity index (χ0n) is 12.7. The molecule has 4 nitrogen and oxygen atoms in total. The Morgan fingerprint density at radius 3 is 2.48 bits per heavy atom. The van der Waals surface area contributed by atoms with Crippen molar-refractivity contribution >= 4 is 12.4 Å². The van der Waals surface area contributed by atoms with Crippen LogP contribution >= 0.6 is 0 Å². The van der Waals surface area contributed by atoms with E-state index in [-0.39, 0.29) is 18.3 Å². The summed E-state index contributed by atoms with van der Waals surface area (Å²) in [5.41, 5.74) is 0.398. The second-order valence-electron chi connectivity index (χ2n) is 5.94. The fraction of sp³-hybridized carbons (Fsp3) is 0.500. The van der Waals surface area contributed by atoms with E-state index in [0.717, 1.165) is 11.8 Å². The van der Waals surface area contributed by atoms with Gasteiger partial charge in [0.1, 0.15) is 17.7 Å². The van der Waals surface area contributed by atoms with E-state index in [9.17, 15) is 14.0 Å². The van der Waals surface area contributed by atoms with Crippen LogP contribution in [-0.2, 0) is 16.0 Å². The molecule has 116 valence electrons. The molecule has 0 saturated carbocycles. The number of carbonyl (C=O) groups excluding carboxylic acids is 2. The quantitative estimate of drug-likeness (QED) is 0.820. The Kier molecular flexibility index (Phi) is 6.34. The number of rotatable bonds is 6. The third kappa shape index (κ3) is 7.44. The average Bonchev–Trinajstić information content (AvgIpc) is 2.39. The van der Waals surface area contributed by atoms with Gasteiger partial charge in [-0.05, 0) is 51.3 Å². The first-order chi connectivity index (χ1) is 9.80. The number of halogens is 1. The average molecular weight is 295 g/mol. The van der Waals surface area contributed by atoms with Crippen LogP contribution in [0.25, 0.3) is 0 Å². The third-order valence-electron chi connectivity index (χ3n) is 2.82. The molecule has 0 aliphatic rings. The van der Waals surface area contributed by atoms with Crippen LogP contribution in [0.5, 0.6) is 0 Å². The second-order valence-corrected chi connectivity index (χ2v) is 5.94. The van der Waals surface area contributed by atoms with Gasteiger partial charge in [0.25, 0.3) is 0 Å². The number of hydrogen-bond acceptors (Lipinski definition) is 3. The minimum Gasteiger partial charge on any atom is -0.444 e. The first-order valence-corrected chi connectivity index (χ1v) is 6.97. The maximum absolute atomic E-state index is 12.8. The fourth-order valence-corrected chi connectivity index (χ4v) is 1.75. The van der Waals surface area contributed by atoms with Crippen molar-refractivity contribution in [2.75, 3.05) is 6.54 Å². The van der Waals surface area contributed by atoms with E-state index in [1.165, 1.54) is 12.1 Å². The highest BCUT2D eigenvalue weighted by Crippen LogP contribution is 2.10. The lowest BCUT2D eigenvalue weighted by atomic mass is 10.0. The summed E-state index contributed by atoms with van der Waals surface area (Å²) in [4.78, 5) is 22.5. The monoisotopic (exact) mass is 295 g/mol. The number of hydrogen-bond donors (Lipinski definition) is 1. The van der Waals surface area contributed by atoms with Crippen LogP contribution < -0.4 is 5.32 Å². The highest BCUT2D eigenvalue weighted by atomic mass is 19.1. The predicted octanol–water partition coefficient (Wildman–Crippen LogP) is 3.10. The molecular formula is C16H22FNO3. The maximum atomic E-state index is 12.8.